The largest absolute Gasteiger partial charge is 0.336 e. The first-order chi connectivity index (χ1) is 10.6. The number of nitrogens with one attached hydrogen (secondary N) is 1. The lowest BCUT2D eigenvalue weighted by Crippen LogP contribution is -2.43. The highest BCUT2D eigenvalue weighted by molar-refractivity contribution is 5.74. The lowest BCUT2D eigenvalue weighted by molar-refractivity contribution is 0.196. The molecule has 122 valence electrons. The van der Waals surface area contributed by atoms with Crippen molar-refractivity contribution in [2.24, 2.45) is 5.92 Å². The van der Waals surface area contributed by atoms with Crippen molar-refractivity contribution in [3.05, 3.63) is 35.9 Å². The maximum Gasteiger partial charge on any atom is 0.317 e. The van der Waals surface area contributed by atoms with E-state index in [4.69, 9.17) is 0 Å². The fraction of sp³-hybridized carbons (Fsp3) is 0.611. The number of urea groups is 1. The molecular formula is C18H29N3O. The van der Waals surface area contributed by atoms with Crippen molar-refractivity contribution in [3.8, 4) is 0 Å². The number of carbonyl (C=O) groups is 1. The summed E-state index contributed by atoms with van der Waals surface area (Å²) in [7, 11) is 1.90. The second-order valence-electron chi connectivity index (χ2n) is 6.51. The Bertz CT molecular complexity index is 463. The summed E-state index contributed by atoms with van der Waals surface area (Å²) in [5.74, 6) is 0.580. The Hall–Kier alpha value is -1.55. The van der Waals surface area contributed by atoms with E-state index < -0.39 is 0 Å². The third-order valence-corrected chi connectivity index (χ3v) is 4.48. The van der Waals surface area contributed by atoms with E-state index in [1.807, 2.05) is 18.9 Å². The average molecular weight is 303 g/mol. The van der Waals surface area contributed by atoms with Crippen LogP contribution in [0.5, 0.6) is 0 Å². The smallest absolute Gasteiger partial charge is 0.317 e. The number of amides is 2. The average Bonchev–Trinajstić information content (AvgIpc) is 2.95. The third kappa shape index (κ3) is 5.02. The zero-order valence-electron chi connectivity index (χ0n) is 14.1. The van der Waals surface area contributed by atoms with Crippen LogP contribution in [0.1, 0.15) is 32.3 Å². The summed E-state index contributed by atoms with van der Waals surface area (Å²) in [4.78, 5) is 16.4. The summed E-state index contributed by atoms with van der Waals surface area (Å²) in [6.45, 7) is 8.19. The molecule has 0 bridgehead atoms. The molecule has 0 aliphatic carbocycles. The van der Waals surface area contributed by atoms with E-state index in [2.05, 4.69) is 47.5 Å². The van der Waals surface area contributed by atoms with Gasteiger partial charge in [-0.25, -0.2) is 4.79 Å². The van der Waals surface area contributed by atoms with Crippen LogP contribution in [0.3, 0.4) is 0 Å². The fourth-order valence-electron chi connectivity index (χ4n) is 2.94. The van der Waals surface area contributed by atoms with Gasteiger partial charge in [0.15, 0.2) is 0 Å². The zero-order chi connectivity index (χ0) is 15.9. The maximum absolute atomic E-state index is 12.1. The second kappa shape index (κ2) is 8.18. The molecule has 2 rings (SSSR count). The minimum atomic E-state index is 0.0517. The molecule has 0 spiro atoms. The Morgan fingerprint density at radius 3 is 2.82 bits per heavy atom. The first kappa shape index (κ1) is 16.8. The van der Waals surface area contributed by atoms with Gasteiger partial charge in [0, 0.05) is 32.7 Å². The number of hydrogen-bond donors (Lipinski definition) is 1. The van der Waals surface area contributed by atoms with Gasteiger partial charge in [-0.1, -0.05) is 37.3 Å². The standard InChI is InChI=1S/C18H29N3O/c1-4-15(2)19-18(22)20(3)12-17-10-11-21(14-17)13-16-8-6-5-7-9-16/h5-9,15,17H,4,10-14H2,1-3H3,(H,19,22). The highest BCUT2D eigenvalue weighted by Gasteiger charge is 2.25. The number of likely N-dealkylation sites (tertiary alicyclic amines) is 1. The highest BCUT2D eigenvalue weighted by Crippen LogP contribution is 2.19. The lowest BCUT2D eigenvalue weighted by Gasteiger charge is -2.24. The topological polar surface area (TPSA) is 35.6 Å². The minimum absolute atomic E-state index is 0.0517. The van der Waals surface area contributed by atoms with E-state index in [0.717, 1.165) is 32.6 Å². The summed E-state index contributed by atoms with van der Waals surface area (Å²) < 4.78 is 0. The van der Waals surface area contributed by atoms with Crippen molar-refractivity contribution in [3.63, 3.8) is 0 Å². The quantitative estimate of drug-likeness (QED) is 0.877. The van der Waals surface area contributed by atoms with Crippen LogP contribution < -0.4 is 5.32 Å². The van der Waals surface area contributed by atoms with E-state index in [9.17, 15) is 4.79 Å². The van der Waals surface area contributed by atoms with Crippen molar-refractivity contribution in [1.29, 1.82) is 0 Å². The predicted octanol–water partition coefficient (Wildman–Crippen LogP) is 2.95. The van der Waals surface area contributed by atoms with E-state index in [0.29, 0.717) is 5.92 Å². The summed E-state index contributed by atoms with van der Waals surface area (Å²) in [6.07, 6.45) is 2.14. The van der Waals surface area contributed by atoms with Gasteiger partial charge in [0.05, 0.1) is 0 Å². The summed E-state index contributed by atoms with van der Waals surface area (Å²) >= 11 is 0. The van der Waals surface area contributed by atoms with E-state index in [1.54, 1.807) is 0 Å². The summed E-state index contributed by atoms with van der Waals surface area (Å²) in [5, 5.41) is 3.03. The van der Waals surface area contributed by atoms with Crippen molar-refractivity contribution >= 4 is 6.03 Å². The summed E-state index contributed by atoms with van der Waals surface area (Å²) in [5.41, 5.74) is 1.37. The van der Waals surface area contributed by atoms with Gasteiger partial charge in [-0.05, 0) is 37.8 Å². The van der Waals surface area contributed by atoms with Gasteiger partial charge in [-0.2, -0.15) is 0 Å². The van der Waals surface area contributed by atoms with Gasteiger partial charge in [-0.15, -0.1) is 0 Å². The summed E-state index contributed by atoms with van der Waals surface area (Å²) in [6, 6.07) is 10.9. The van der Waals surface area contributed by atoms with E-state index >= 15 is 0 Å². The van der Waals surface area contributed by atoms with Gasteiger partial charge in [0.1, 0.15) is 0 Å². The molecule has 1 aliphatic rings. The molecule has 22 heavy (non-hydrogen) atoms. The van der Waals surface area contributed by atoms with Crippen LogP contribution in [0.4, 0.5) is 4.79 Å². The van der Waals surface area contributed by atoms with E-state index in [1.165, 1.54) is 12.0 Å². The van der Waals surface area contributed by atoms with Crippen LogP contribution in [0, 0.1) is 5.92 Å². The van der Waals surface area contributed by atoms with Crippen LogP contribution in [0.15, 0.2) is 30.3 Å². The number of carbonyl (C=O) groups excluding carboxylic acids is 1. The number of benzene rings is 1. The first-order valence-corrected chi connectivity index (χ1v) is 8.36. The molecule has 2 amide bonds. The van der Waals surface area contributed by atoms with E-state index in [-0.39, 0.29) is 12.1 Å². The molecular weight excluding hydrogens is 274 g/mol. The Morgan fingerprint density at radius 1 is 1.41 bits per heavy atom. The predicted molar refractivity (Wildman–Crippen MR) is 90.7 cm³/mol. The molecule has 0 saturated carbocycles. The van der Waals surface area contributed by atoms with Crippen molar-refractivity contribution in [2.75, 3.05) is 26.7 Å². The molecule has 4 nitrogen and oxygen atoms in total. The molecule has 2 atom stereocenters. The van der Waals surface area contributed by atoms with Gasteiger partial charge in [0.25, 0.3) is 0 Å². The van der Waals surface area contributed by atoms with Crippen LogP contribution in [0.25, 0.3) is 0 Å². The minimum Gasteiger partial charge on any atom is -0.336 e. The second-order valence-corrected chi connectivity index (χ2v) is 6.51. The van der Waals surface area contributed by atoms with Gasteiger partial charge in [0.2, 0.25) is 0 Å². The van der Waals surface area contributed by atoms with Gasteiger partial charge < -0.3 is 10.2 Å². The third-order valence-electron chi connectivity index (χ3n) is 4.48. The molecule has 4 heteroatoms. The SMILES string of the molecule is CCC(C)NC(=O)N(C)CC1CCN(Cc2ccccc2)C1. The zero-order valence-corrected chi connectivity index (χ0v) is 14.1. The number of nitrogens with zero attached hydrogens (tertiary/aromatic N) is 2. The van der Waals surface area contributed by atoms with Crippen molar-refractivity contribution < 1.29 is 4.79 Å². The molecule has 1 fully saturated rings. The van der Waals surface area contributed by atoms with Crippen LogP contribution in [-0.4, -0.2) is 48.6 Å². The first-order valence-electron chi connectivity index (χ1n) is 8.36. The lowest BCUT2D eigenvalue weighted by atomic mass is 10.1. The molecule has 1 aromatic carbocycles. The van der Waals surface area contributed by atoms with Gasteiger partial charge in [-0.3, -0.25) is 4.90 Å². The molecule has 1 heterocycles. The molecule has 0 aromatic heterocycles. The molecule has 1 N–H and O–H groups in total. The molecule has 0 radical (unpaired) electrons. The highest BCUT2D eigenvalue weighted by atomic mass is 16.2. The number of rotatable bonds is 6. The van der Waals surface area contributed by atoms with Crippen molar-refractivity contribution in [2.45, 2.75) is 39.3 Å². The normalized spacial score (nSPS) is 19.9. The Morgan fingerprint density at radius 2 is 2.14 bits per heavy atom. The van der Waals surface area contributed by atoms with Crippen LogP contribution >= 0.6 is 0 Å². The molecule has 1 saturated heterocycles. The van der Waals surface area contributed by atoms with Gasteiger partial charge >= 0.3 is 6.03 Å². The number of hydrogen-bond acceptors (Lipinski definition) is 2. The molecule has 1 aromatic rings. The fourth-order valence-corrected chi connectivity index (χ4v) is 2.94. The van der Waals surface area contributed by atoms with Crippen LogP contribution in [0.2, 0.25) is 0 Å². The Balaban J connectivity index is 1.75. The Labute approximate surface area is 134 Å². The monoisotopic (exact) mass is 303 g/mol. The molecule has 2 unspecified atom stereocenters. The Kier molecular flexibility index (Phi) is 6.25. The van der Waals surface area contributed by atoms with Crippen LogP contribution in [-0.2, 0) is 6.54 Å². The van der Waals surface area contributed by atoms with Crippen molar-refractivity contribution in [1.82, 2.24) is 15.1 Å². The molecule has 1 aliphatic heterocycles. The maximum atomic E-state index is 12.1.